The molecule has 1 aromatic carbocycles. The summed E-state index contributed by atoms with van der Waals surface area (Å²) in [5.41, 5.74) is 0.687. The van der Waals surface area contributed by atoms with Gasteiger partial charge in [0, 0.05) is 6.07 Å². The minimum absolute atomic E-state index is 0.0109. The van der Waals surface area contributed by atoms with Gasteiger partial charge >= 0.3 is 5.97 Å². The highest BCUT2D eigenvalue weighted by molar-refractivity contribution is 5.94. The molecule has 1 aliphatic heterocycles. The van der Waals surface area contributed by atoms with Crippen molar-refractivity contribution in [1.82, 2.24) is 4.98 Å². The van der Waals surface area contributed by atoms with Crippen LogP contribution in [0.4, 0.5) is 5.69 Å². The molecule has 0 aliphatic carbocycles. The van der Waals surface area contributed by atoms with E-state index in [4.69, 9.17) is 18.9 Å². The quantitative estimate of drug-likeness (QED) is 0.423. The van der Waals surface area contributed by atoms with Crippen molar-refractivity contribution in [2.45, 2.75) is 6.92 Å². The Morgan fingerprint density at radius 1 is 1.29 bits per heavy atom. The van der Waals surface area contributed by atoms with Crippen LogP contribution in [0, 0.1) is 10.1 Å². The summed E-state index contributed by atoms with van der Waals surface area (Å²) in [7, 11) is 1.53. The van der Waals surface area contributed by atoms with Gasteiger partial charge in [-0.25, -0.2) is 9.78 Å². The van der Waals surface area contributed by atoms with Gasteiger partial charge in [0.2, 0.25) is 5.75 Å². The number of carbonyl (C=O) groups excluding carboxylic acids is 1. The molecule has 1 aliphatic rings. The number of nitrogens with zero attached hydrogens (tertiary/aromatic N) is 2. The maximum Gasteiger partial charge on any atom is 0.340 e. The molecular weight excluding hydrogens is 368 g/mol. The predicted molar refractivity (Wildman–Crippen MR) is 99.8 cm³/mol. The fraction of sp³-hybridized carbons (Fsp3) is 0.263. The molecule has 2 heterocycles. The van der Waals surface area contributed by atoms with Gasteiger partial charge in [0.1, 0.15) is 19.4 Å². The fourth-order valence-electron chi connectivity index (χ4n) is 2.63. The molecule has 146 valence electrons. The van der Waals surface area contributed by atoms with E-state index in [1.165, 1.54) is 7.11 Å². The van der Waals surface area contributed by atoms with Gasteiger partial charge in [-0.15, -0.1) is 0 Å². The van der Waals surface area contributed by atoms with Crippen LogP contribution < -0.4 is 14.2 Å². The Labute approximate surface area is 160 Å². The highest BCUT2D eigenvalue weighted by Gasteiger charge is 2.19. The first kappa shape index (κ1) is 19.2. The Balaban J connectivity index is 1.97. The number of methoxy groups -OCH3 is 1. The largest absolute Gasteiger partial charge is 0.493 e. The summed E-state index contributed by atoms with van der Waals surface area (Å²) in [4.78, 5) is 26.6. The van der Waals surface area contributed by atoms with Gasteiger partial charge in [-0.2, -0.15) is 0 Å². The molecule has 9 heteroatoms. The number of carbonyl (C=O) groups is 1. The van der Waals surface area contributed by atoms with Crippen LogP contribution in [-0.4, -0.2) is 42.8 Å². The van der Waals surface area contributed by atoms with Gasteiger partial charge in [-0.3, -0.25) is 10.1 Å². The summed E-state index contributed by atoms with van der Waals surface area (Å²) >= 11 is 0. The normalized spacial score (nSPS) is 12.6. The maximum absolute atomic E-state index is 12.2. The molecule has 0 N–H and O–H groups in total. The molecule has 0 atom stereocenters. The number of pyridine rings is 1. The van der Waals surface area contributed by atoms with E-state index in [9.17, 15) is 14.9 Å². The Hall–Kier alpha value is -3.62. The lowest BCUT2D eigenvalue weighted by molar-refractivity contribution is -0.385. The lowest BCUT2D eigenvalue weighted by Gasteiger charge is -2.20. The van der Waals surface area contributed by atoms with Crippen molar-refractivity contribution in [3.05, 3.63) is 51.3 Å². The third kappa shape index (κ3) is 4.03. The van der Waals surface area contributed by atoms with Crippen molar-refractivity contribution in [2.75, 3.05) is 26.9 Å². The Morgan fingerprint density at radius 3 is 2.79 bits per heavy atom. The molecule has 28 heavy (non-hydrogen) atoms. The SMILES string of the molecule is CCOC(=O)c1cc([N+](=O)[O-])cnc1/C=C/c1cc(OC)c2c(c1)OCCO2. The summed E-state index contributed by atoms with van der Waals surface area (Å²) < 4.78 is 21.5. The molecule has 0 saturated heterocycles. The molecule has 0 unspecified atom stereocenters. The van der Waals surface area contributed by atoms with Crippen molar-refractivity contribution < 1.29 is 28.7 Å². The molecule has 3 rings (SSSR count). The van der Waals surface area contributed by atoms with E-state index in [1.807, 2.05) is 0 Å². The number of benzene rings is 1. The van der Waals surface area contributed by atoms with Gasteiger partial charge in [0.15, 0.2) is 11.5 Å². The highest BCUT2D eigenvalue weighted by Crippen LogP contribution is 2.40. The predicted octanol–water partition coefficient (Wildman–Crippen LogP) is 3.12. The lowest BCUT2D eigenvalue weighted by Crippen LogP contribution is -2.16. The summed E-state index contributed by atoms with van der Waals surface area (Å²) in [5, 5.41) is 11.0. The standard InChI is InChI=1S/C19H18N2O7/c1-3-26-19(22)14-10-13(21(23)24)11-20-15(14)5-4-12-8-16(25-2)18-17(9-12)27-6-7-28-18/h4-5,8-11H,3,6-7H2,1-2H3/b5-4+. The van der Waals surface area contributed by atoms with Crippen LogP contribution >= 0.6 is 0 Å². The smallest absolute Gasteiger partial charge is 0.340 e. The molecule has 0 spiro atoms. The van der Waals surface area contributed by atoms with Gasteiger partial charge in [0.25, 0.3) is 5.69 Å². The van der Waals surface area contributed by atoms with Gasteiger partial charge in [0.05, 0.1) is 29.9 Å². The summed E-state index contributed by atoms with van der Waals surface area (Å²) in [6.07, 6.45) is 4.35. The van der Waals surface area contributed by atoms with E-state index >= 15 is 0 Å². The Morgan fingerprint density at radius 2 is 2.07 bits per heavy atom. The summed E-state index contributed by atoms with van der Waals surface area (Å²) in [6, 6.07) is 4.66. The number of esters is 1. The molecule has 2 aromatic rings. The molecule has 1 aromatic heterocycles. The second kappa shape index (κ2) is 8.38. The van der Waals surface area contributed by atoms with E-state index in [0.29, 0.717) is 30.5 Å². The highest BCUT2D eigenvalue weighted by atomic mass is 16.6. The molecule has 9 nitrogen and oxygen atoms in total. The van der Waals surface area contributed by atoms with Crippen LogP contribution in [0.25, 0.3) is 12.2 Å². The van der Waals surface area contributed by atoms with Crippen molar-refractivity contribution in [2.24, 2.45) is 0 Å². The first-order chi connectivity index (χ1) is 13.5. The van der Waals surface area contributed by atoms with Crippen LogP contribution in [0.15, 0.2) is 24.4 Å². The Bertz CT molecular complexity index is 923. The lowest BCUT2D eigenvalue weighted by atomic mass is 10.1. The zero-order valence-electron chi connectivity index (χ0n) is 15.3. The van der Waals surface area contributed by atoms with Crippen LogP contribution in [0.3, 0.4) is 0 Å². The molecule has 0 amide bonds. The number of ether oxygens (including phenoxy) is 4. The molecular formula is C19H18N2O7. The second-order valence-electron chi connectivity index (χ2n) is 5.68. The van der Waals surface area contributed by atoms with E-state index in [-0.39, 0.29) is 23.6 Å². The first-order valence-electron chi connectivity index (χ1n) is 8.50. The van der Waals surface area contributed by atoms with Crippen molar-refractivity contribution in [1.29, 1.82) is 0 Å². The number of nitro groups is 1. The van der Waals surface area contributed by atoms with Crippen LogP contribution in [0.5, 0.6) is 17.2 Å². The van der Waals surface area contributed by atoms with Crippen LogP contribution in [0.1, 0.15) is 28.5 Å². The Kier molecular flexibility index (Phi) is 5.73. The van der Waals surface area contributed by atoms with Gasteiger partial charge in [-0.05, 0) is 30.7 Å². The third-order valence-corrected chi connectivity index (χ3v) is 3.89. The number of hydrogen-bond acceptors (Lipinski definition) is 8. The second-order valence-corrected chi connectivity index (χ2v) is 5.68. The van der Waals surface area contributed by atoms with Crippen LogP contribution in [-0.2, 0) is 4.74 Å². The minimum Gasteiger partial charge on any atom is -0.493 e. The summed E-state index contributed by atoms with van der Waals surface area (Å²) in [6.45, 7) is 2.66. The first-order valence-corrected chi connectivity index (χ1v) is 8.50. The monoisotopic (exact) mass is 386 g/mol. The molecule has 0 bridgehead atoms. The number of fused-ring (bicyclic) bond motifs is 1. The fourth-order valence-corrected chi connectivity index (χ4v) is 2.63. The molecule has 0 fully saturated rings. The van der Waals surface area contributed by atoms with E-state index < -0.39 is 10.9 Å². The van der Waals surface area contributed by atoms with E-state index in [2.05, 4.69) is 4.98 Å². The number of aromatic nitrogens is 1. The van der Waals surface area contributed by atoms with E-state index in [0.717, 1.165) is 17.8 Å². The zero-order chi connectivity index (χ0) is 20.1. The van der Waals surface area contributed by atoms with E-state index in [1.54, 1.807) is 31.2 Å². The van der Waals surface area contributed by atoms with Crippen LogP contribution in [0.2, 0.25) is 0 Å². The molecule has 0 radical (unpaired) electrons. The maximum atomic E-state index is 12.2. The van der Waals surface area contributed by atoms with Crippen molar-refractivity contribution >= 4 is 23.8 Å². The van der Waals surface area contributed by atoms with Gasteiger partial charge < -0.3 is 18.9 Å². The van der Waals surface area contributed by atoms with Crippen molar-refractivity contribution in [3.8, 4) is 17.2 Å². The average molecular weight is 386 g/mol. The average Bonchev–Trinajstić information content (AvgIpc) is 2.71. The third-order valence-electron chi connectivity index (χ3n) is 3.89. The van der Waals surface area contributed by atoms with Gasteiger partial charge in [-0.1, -0.05) is 6.08 Å². The number of hydrogen-bond donors (Lipinski definition) is 0. The topological polar surface area (TPSA) is 110 Å². The number of rotatable bonds is 6. The summed E-state index contributed by atoms with van der Waals surface area (Å²) in [5.74, 6) is 0.913. The van der Waals surface area contributed by atoms with Crippen molar-refractivity contribution in [3.63, 3.8) is 0 Å². The molecule has 0 saturated carbocycles. The minimum atomic E-state index is -0.682. The zero-order valence-corrected chi connectivity index (χ0v) is 15.3.